The third-order valence-electron chi connectivity index (χ3n) is 5.30. The van der Waals surface area contributed by atoms with Crippen LogP contribution in [-0.4, -0.2) is 62.4 Å². The highest BCUT2D eigenvalue weighted by molar-refractivity contribution is 6.02. The molecular weight excluding hydrogens is 410 g/mol. The summed E-state index contributed by atoms with van der Waals surface area (Å²) >= 11 is 0. The molecule has 1 aliphatic heterocycles. The van der Waals surface area contributed by atoms with Gasteiger partial charge in [-0.15, -0.1) is 5.10 Å². The molecule has 0 fully saturated rings. The van der Waals surface area contributed by atoms with Crippen LogP contribution in [0.1, 0.15) is 35.9 Å². The minimum atomic E-state index is -1.67. The molecular formula is C23H25N5O4. The molecule has 0 unspecified atom stereocenters. The van der Waals surface area contributed by atoms with Crippen LogP contribution in [0, 0.1) is 0 Å². The first-order chi connectivity index (χ1) is 15.3. The van der Waals surface area contributed by atoms with E-state index in [9.17, 15) is 14.7 Å². The van der Waals surface area contributed by atoms with E-state index >= 15 is 0 Å². The van der Waals surface area contributed by atoms with Gasteiger partial charge in [0, 0.05) is 13.5 Å². The fourth-order valence-electron chi connectivity index (χ4n) is 3.76. The molecule has 2 heterocycles. The van der Waals surface area contributed by atoms with Gasteiger partial charge in [0.2, 0.25) is 5.82 Å². The first-order valence-corrected chi connectivity index (χ1v) is 10.3. The van der Waals surface area contributed by atoms with E-state index in [0.29, 0.717) is 23.7 Å². The molecule has 1 aromatic heterocycles. The van der Waals surface area contributed by atoms with Crippen molar-refractivity contribution in [2.24, 2.45) is 0 Å². The number of aliphatic hydroxyl groups is 1. The van der Waals surface area contributed by atoms with Crippen molar-refractivity contribution in [3.05, 3.63) is 71.8 Å². The lowest BCUT2D eigenvalue weighted by molar-refractivity contribution is -0.134. The number of carbonyl (C=O) groups excluding carboxylic acids is 2. The summed E-state index contributed by atoms with van der Waals surface area (Å²) in [5, 5.41) is 17.6. The summed E-state index contributed by atoms with van der Waals surface area (Å²) in [4.78, 5) is 33.5. The zero-order valence-corrected chi connectivity index (χ0v) is 18.1. The number of benzene rings is 2. The lowest BCUT2D eigenvalue weighted by Crippen LogP contribution is -2.60. The number of anilines is 1. The zero-order valence-electron chi connectivity index (χ0n) is 18.1. The van der Waals surface area contributed by atoms with Gasteiger partial charge in [0.1, 0.15) is 29.9 Å². The maximum absolute atomic E-state index is 13.4. The van der Waals surface area contributed by atoms with Gasteiger partial charge < -0.3 is 14.7 Å². The van der Waals surface area contributed by atoms with Gasteiger partial charge in [-0.1, -0.05) is 42.5 Å². The number of nitrogens with zero attached hydrogens (tertiary/aromatic N) is 4. The summed E-state index contributed by atoms with van der Waals surface area (Å²) in [6.07, 6.45) is 0.465. The molecule has 0 bridgehead atoms. The van der Waals surface area contributed by atoms with Gasteiger partial charge in [0.25, 0.3) is 11.8 Å². The van der Waals surface area contributed by atoms with E-state index < -0.39 is 17.7 Å². The van der Waals surface area contributed by atoms with Crippen molar-refractivity contribution in [3.8, 4) is 5.75 Å². The first-order valence-electron chi connectivity index (χ1n) is 10.3. The number of rotatable bonds is 5. The number of H-pyrrole nitrogens is 1. The summed E-state index contributed by atoms with van der Waals surface area (Å²) in [6, 6.07) is 15.7. The number of ether oxygens (including phenoxy) is 1. The Morgan fingerprint density at radius 2 is 1.91 bits per heavy atom. The molecule has 2 amide bonds. The van der Waals surface area contributed by atoms with Crippen LogP contribution < -0.4 is 9.64 Å². The van der Waals surface area contributed by atoms with Crippen LogP contribution in [0.15, 0.2) is 54.6 Å². The van der Waals surface area contributed by atoms with Crippen LogP contribution in [0.4, 0.5) is 5.69 Å². The summed E-state index contributed by atoms with van der Waals surface area (Å²) in [6.45, 7) is 2.76. The first kappa shape index (κ1) is 21.5. The second-order valence-electron chi connectivity index (χ2n) is 8.13. The minimum Gasteiger partial charge on any atom is -0.489 e. The van der Waals surface area contributed by atoms with Gasteiger partial charge in [-0.3, -0.25) is 19.6 Å². The minimum absolute atomic E-state index is 0.114. The van der Waals surface area contributed by atoms with Crippen LogP contribution in [0.25, 0.3) is 0 Å². The second kappa shape index (κ2) is 8.43. The van der Waals surface area contributed by atoms with E-state index in [1.54, 1.807) is 31.3 Å². The number of amides is 2. The fourth-order valence-corrected chi connectivity index (χ4v) is 3.76. The summed E-state index contributed by atoms with van der Waals surface area (Å²) in [5.41, 5.74) is -0.0712. The number of likely N-dealkylation sites (N-methyl/N-ethyl adjacent to an activating group) is 1. The third kappa shape index (κ3) is 4.19. The number of carbonyl (C=O) groups is 2. The number of aromatic nitrogens is 3. The molecule has 1 atom stereocenters. The van der Waals surface area contributed by atoms with E-state index in [1.807, 2.05) is 30.3 Å². The Hall–Kier alpha value is -3.72. The van der Waals surface area contributed by atoms with Crippen molar-refractivity contribution < 1.29 is 19.4 Å². The van der Waals surface area contributed by atoms with E-state index in [4.69, 9.17) is 4.74 Å². The SMILES string of the molecule is CN1C(=O)[C@@H](N(C(=O)c2n[nH]c(Cc3ccccc3)n2)C(C)(C)O)COc2ccccc21. The van der Waals surface area contributed by atoms with Gasteiger partial charge in [0.15, 0.2) is 0 Å². The molecule has 0 saturated carbocycles. The van der Waals surface area contributed by atoms with Crippen molar-refractivity contribution in [3.63, 3.8) is 0 Å². The van der Waals surface area contributed by atoms with Crippen LogP contribution in [0.2, 0.25) is 0 Å². The molecule has 166 valence electrons. The number of aromatic amines is 1. The lowest BCUT2D eigenvalue weighted by atomic mass is 10.1. The Kier molecular flexibility index (Phi) is 5.67. The highest BCUT2D eigenvalue weighted by Crippen LogP contribution is 2.32. The van der Waals surface area contributed by atoms with Gasteiger partial charge >= 0.3 is 0 Å². The summed E-state index contributed by atoms with van der Waals surface area (Å²) in [5.74, 6) is -0.157. The molecule has 2 N–H and O–H groups in total. The highest BCUT2D eigenvalue weighted by Gasteiger charge is 2.43. The highest BCUT2D eigenvalue weighted by atomic mass is 16.5. The Balaban J connectivity index is 1.62. The second-order valence-corrected chi connectivity index (χ2v) is 8.13. The maximum atomic E-state index is 13.4. The number of fused-ring (bicyclic) bond motifs is 1. The molecule has 0 saturated heterocycles. The molecule has 3 aromatic rings. The molecule has 1 aliphatic rings. The molecule has 9 heteroatoms. The molecule has 2 aromatic carbocycles. The van der Waals surface area contributed by atoms with Gasteiger partial charge in [-0.25, -0.2) is 4.98 Å². The largest absolute Gasteiger partial charge is 0.489 e. The average molecular weight is 435 g/mol. The number of nitrogens with one attached hydrogen (secondary N) is 1. The standard InChI is InChI=1S/C23H25N5O4/c1-23(2,31)28(17-14-32-18-12-8-7-11-16(18)27(3)21(17)29)22(30)20-24-19(25-26-20)13-15-9-5-4-6-10-15/h4-12,17,31H,13-14H2,1-3H3,(H,24,25,26)/t17-/m0/s1. The van der Waals surface area contributed by atoms with E-state index in [2.05, 4.69) is 15.2 Å². The van der Waals surface area contributed by atoms with Gasteiger partial charge in [-0.2, -0.15) is 0 Å². The number of hydrogen-bond donors (Lipinski definition) is 2. The predicted octanol–water partition coefficient (Wildman–Crippen LogP) is 1.99. The Morgan fingerprint density at radius 1 is 1.22 bits per heavy atom. The fraction of sp³-hybridized carbons (Fsp3) is 0.304. The summed E-state index contributed by atoms with van der Waals surface area (Å²) in [7, 11) is 1.61. The van der Waals surface area contributed by atoms with Crippen LogP contribution >= 0.6 is 0 Å². The van der Waals surface area contributed by atoms with E-state index in [-0.39, 0.29) is 18.3 Å². The van der Waals surface area contributed by atoms with Crippen LogP contribution in [0.3, 0.4) is 0 Å². The third-order valence-corrected chi connectivity index (χ3v) is 5.30. The van der Waals surface area contributed by atoms with Crippen LogP contribution in [0.5, 0.6) is 5.75 Å². The molecule has 32 heavy (non-hydrogen) atoms. The van der Waals surface area contributed by atoms with Crippen LogP contribution in [-0.2, 0) is 11.2 Å². The molecule has 9 nitrogen and oxygen atoms in total. The quantitative estimate of drug-likeness (QED) is 0.593. The Morgan fingerprint density at radius 3 is 2.62 bits per heavy atom. The van der Waals surface area contributed by atoms with Crippen molar-refractivity contribution in [2.75, 3.05) is 18.6 Å². The molecule has 0 spiro atoms. The van der Waals surface area contributed by atoms with E-state index in [1.165, 1.54) is 18.7 Å². The normalized spacial score (nSPS) is 16.2. The van der Waals surface area contributed by atoms with Crippen molar-refractivity contribution in [2.45, 2.75) is 32.0 Å². The molecule has 4 rings (SSSR count). The average Bonchev–Trinajstić information content (AvgIpc) is 3.19. The van der Waals surface area contributed by atoms with Gasteiger partial charge in [-0.05, 0) is 31.5 Å². The predicted molar refractivity (Wildman–Crippen MR) is 117 cm³/mol. The topological polar surface area (TPSA) is 112 Å². The van der Waals surface area contributed by atoms with Crippen molar-refractivity contribution in [1.82, 2.24) is 20.1 Å². The number of para-hydroxylation sites is 2. The Labute approximate surface area is 185 Å². The maximum Gasteiger partial charge on any atom is 0.296 e. The van der Waals surface area contributed by atoms with Crippen molar-refractivity contribution >= 4 is 17.5 Å². The van der Waals surface area contributed by atoms with Crippen molar-refractivity contribution in [1.29, 1.82) is 0 Å². The molecule has 0 aliphatic carbocycles. The smallest absolute Gasteiger partial charge is 0.296 e. The van der Waals surface area contributed by atoms with E-state index in [0.717, 1.165) is 10.5 Å². The lowest BCUT2D eigenvalue weighted by Gasteiger charge is -2.38. The molecule has 0 radical (unpaired) electrons. The Bertz CT molecular complexity index is 1120. The summed E-state index contributed by atoms with van der Waals surface area (Å²) < 4.78 is 5.83. The van der Waals surface area contributed by atoms with Gasteiger partial charge in [0.05, 0.1) is 5.69 Å². The monoisotopic (exact) mass is 435 g/mol. The number of hydrogen-bond acceptors (Lipinski definition) is 6. The zero-order chi connectivity index (χ0) is 22.9.